The Morgan fingerprint density at radius 3 is 2.21 bits per heavy atom. The summed E-state index contributed by atoms with van der Waals surface area (Å²) in [6, 6.07) is -0.281. The third-order valence-electron chi connectivity index (χ3n) is 5.33. The number of nitrogens with one attached hydrogen (secondary N) is 1. The zero-order chi connectivity index (χ0) is 24.2. The Hall–Kier alpha value is -2.69. The summed E-state index contributed by atoms with van der Waals surface area (Å²) in [7, 11) is 0. The molecule has 33 heavy (non-hydrogen) atoms. The van der Waals surface area contributed by atoms with Crippen LogP contribution in [0.2, 0.25) is 0 Å². The second-order valence-electron chi connectivity index (χ2n) is 8.92. The lowest BCUT2D eigenvalue weighted by Crippen LogP contribution is -2.36. The van der Waals surface area contributed by atoms with Crippen molar-refractivity contribution < 1.29 is 28.0 Å². The number of aromatic nitrogens is 2. The quantitative estimate of drug-likeness (QED) is 0.693. The molecule has 10 heteroatoms. The highest BCUT2D eigenvalue weighted by atomic mass is 19.1. The van der Waals surface area contributed by atoms with E-state index in [0.29, 0.717) is 36.3 Å². The molecule has 0 spiro atoms. The zero-order valence-corrected chi connectivity index (χ0v) is 19.5. The van der Waals surface area contributed by atoms with Gasteiger partial charge in [-0.3, -0.25) is 14.8 Å². The van der Waals surface area contributed by atoms with Crippen LogP contribution in [0.1, 0.15) is 68.0 Å². The van der Waals surface area contributed by atoms with Crippen LogP contribution in [0.4, 0.5) is 13.6 Å². The maximum atomic E-state index is 13.6. The summed E-state index contributed by atoms with van der Waals surface area (Å²) in [5.41, 5.74) is 4.89. The number of amides is 1. The van der Waals surface area contributed by atoms with E-state index in [0.717, 1.165) is 18.2 Å². The molecule has 2 aliphatic rings. The van der Waals surface area contributed by atoms with Crippen molar-refractivity contribution in [1.29, 1.82) is 0 Å². The lowest BCUT2D eigenvalue weighted by atomic mass is 10.0. The zero-order valence-electron chi connectivity index (χ0n) is 19.5. The van der Waals surface area contributed by atoms with Crippen LogP contribution in [-0.4, -0.2) is 39.9 Å². The number of hydrogen-bond donors (Lipinski definition) is 1. The number of carbonyl (C=O) groups is 1. The minimum absolute atomic E-state index is 0.0863. The third kappa shape index (κ3) is 6.21. The Bertz CT molecular complexity index is 977. The minimum Gasteiger partial charge on any atom is -0.442 e. The third-order valence-corrected chi connectivity index (χ3v) is 5.33. The molecule has 2 aliphatic heterocycles. The molecule has 4 heterocycles. The molecule has 8 nitrogen and oxygen atoms in total. The standard InChI is InChI=1S/C14H19FN2O3.C9H11FN2O/c1-9-10(7-16-8-11(9)15)12-5-6-19-17(12)13(18)20-14(2,3)4;1-6-7(4-11-5-8(6)10)9-2-3-13-12-9/h7-8,12H,5-6H2,1-4H3;4-5,9,12H,2-3H2,1H3/t12-;9-/m00/s1. The molecule has 0 radical (unpaired) electrons. The molecule has 2 aromatic rings. The number of hydrogen-bond acceptors (Lipinski definition) is 7. The number of ether oxygens (including phenoxy) is 1. The van der Waals surface area contributed by atoms with Crippen LogP contribution in [-0.2, 0) is 14.4 Å². The van der Waals surface area contributed by atoms with Gasteiger partial charge in [0.15, 0.2) is 0 Å². The summed E-state index contributed by atoms with van der Waals surface area (Å²) in [4.78, 5) is 30.1. The SMILES string of the molecule is Cc1c(F)cncc1[C@@H]1CCON1.Cc1c(F)cncc1[C@@H]1CCON1C(=O)OC(C)(C)C. The molecular formula is C23H30F2N4O4. The summed E-state index contributed by atoms with van der Waals surface area (Å²) in [5, 5.41) is 1.18. The highest BCUT2D eigenvalue weighted by Gasteiger charge is 2.36. The van der Waals surface area contributed by atoms with Crippen molar-refractivity contribution in [3.63, 3.8) is 0 Å². The van der Waals surface area contributed by atoms with Crippen molar-refractivity contribution in [2.24, 2.45) is 0 Å². The second kappa shape index (κ2) is 10.5. The molecule has 0 unspecified atom stereocenters. The van der Waals surface area contributed by atoms with Gasteiger partial charge in [0.2, 0.25) is 0 Å². The van der Waals surface area contributed by atoms with E-state index in [1.54, 1.807) is 47.0 Å². The molecule has 4 rings (SSSR count). The van der Waals surface area contributed by atoms with Crippen molar-refractivity contribution in [2.75, 3.05) is 13.2 Å². The first-order chi connectivity index (χ1) is 15.6. The van der Waals surface area contributed by atoms with E-state index in [2.05, 4.69) is 15.4 Å². The van der Waals surface area contributed by atoms with E-state index in [-0.39, 0.29) is 17.9 Å². The number of carbonyl (C=O) groups excluding carboxylic acids is 1. The first-order valence-electron chi connectivity index (χ1n) is 10.8. The summed E-state index contributed by atoms with van der Waals surface area (Å²) < 4.78 is 32.0. The van der Waals surface area contributed by atoms with Crippen LogP contribution < -0.4 is 5.48 Å². The van der Waals surface area contributed by atoms with Crippen LogP contribution in [0.5, 0.6) is 0 Å². The predicted molar refractivity (Wildman–Crippen MR) is 116 cm³/mol. The fraction of sp³-hybridized carbons (Fsp3) is 0.522. The molecule has 2 aromatic heterocycles. The molecule has 1 amide bonds. The summed E-state index contributed by atoms with van der Waals surface area (Å²) in [6.07, 6.45) is 6.53. The van der Waals surface area contributed by atoms with Crippen molar-refractivity contribution in [3.05, 3.63) is 58.7 Å². The van der Waals surface area contributed by atoms with E-state index >= 15 is 0 Å². The van der Waals surface area contributed by atoms with Gasteiger partial charge in [-0.05, 0) is 57.7 Å². The van der Waals surface area contributed by atoms with E-state index in [1.807, 2.05) is 0 Å². The lowest BCUT2D eigenvalue weighted by molar-refractivity contribution is -0.125. The number of pyridine rings is 2. The van der Waals surface area contributed by atoms with Gasteiger partial charge in [0, 0.05) is 24.4 Å². The Labute approximate surface area is 192 Å². The van der Waals surface area contributed by atoms with Gasteiger partial charge < -0.3 is 9.57 Å². The molecule has 1 N–H and O–H groups in total. The van der Waals surface area contributed by atoms with Crippen LogP contribution in [0.15, 0.2) is 24.8 Å². The van der Waals surface area contributed by atoms with Crippen molar-refractivity contribution in [3.8, 4) is 0 Å². The van der Waals surface area contributed by atoms with E-state index in [9.17, 15) is 13.6 Å². The summed E-state index contributed by atoms with van der Waals surface area (Å²) >= 11 is 0. The number of halogens is 2. The Balaban J connectivity index is 0.000000203. The van der Waals surface area contributed by atoms with Gasteiger partial charge in [-0.25, -0.2) is 13.6 Å². The first kappa shape index (κ1) is 24.9. The van der Waals surface area contributed by atoms with Crippen molar-refractivity contribution >= 4 is 6.09 Å². The van der Waals surface area contributed by atoms with Gasteiger partial charge in [0.05, 0.1) is 37.7 Å². The van der Waals surface area contributed by atoms with Crippen LogP contribution in [0.3, 0.4) is 0 Å². The van der Waals surface area contributed by atoms with Crippen molar-refractivity contribution in [2.45, 2.75) is 65.1 Å². The molecule has 2 saturated heterocycles. The highest BCUT2D eigenvalue weighted by molar-refractivity contribution is 5.68. The van der Waals surface area contributed by atoms with Gasteiger partial charge in [-0.1, -0.05) is 0 Å². The van der Waals surface area contributed by atoms with Gasteiger partial charge in [-0.2, -0.15) is 10.5 Å². The molecule has 180 valence electrons. The van der Waals surface area contributed by atoms with Gasteiger partial charge >= 0.3 is 6.09 Å². The molecule has 0 aromatic carbocycles. The monoisotopic (exact) mass is 464 g/mol. The number of hydroxylamine groups is 3. The topological polar surface area (TPSA) is 85.8 Å². The Morgan fingerprint density at radius 2 is 1.64 bits per heavy atom. The summed E-state index contributed by atoms with van der Waals surface area (Å²) in [6.45, 7) is 9.83. The van der Waals surface area contributed by atoms with Gasteiger partial charge in [0.25, 0.3) is 0 Å². The number of rotatable bonds is 2. The average Bonchev–Trinajstić information content (AvgIpc) is 3.43. The molecule has 0 aliphatic carbocycles. The number of nitrogens with zero attached hydrogens (tertiary/aromatic N) is 3. The minimum atomic E-state index is -0.608. The Kier molecular flexibility index (Phi) is 7.93. The fourth-order valence-electron chi connectivity index (χ4n) is 3.57. The smallest absolute Gasteiger partial charge is 0.435 e. The largest absolute Gasteiger partial charge is 0.442 e. The highest BCUT2D eigenvalue weighted by Crippen LogP contribution is 2.33. The predicted octanol–water partition coefficient (Wildman–Crippen LogP) is 4.64. The first-order valence-corrected chi connectivity index (χ1v) is 10.8. The molecule has 2 atom stereocenters. The van der Waals surface area contributed by atoms with Gasteiger partial charge in [-0.15, -0.1) is 0 Å². The molecule has 0 bridgehead atoms. The fourth-order valence-corrected chi connectivity index (χ4v) is 3.57. The van der Waals surface area contributed by atoms with E-state index in [1.165, 1.54) is 11.3 Å². The summed E-state index contributed by atoms with van der Waals surface area (Å²) in [5.74, 6) is -0.648. The van der Waals surface area contributed by atoms with Crippen LogP contribution in [0.25, 0.3) is 0 Å². The van der Waals surface area contributed by atoms with Crippen molar-refractivity contribution in [1.82, 2.24) is 20.5 Å². The van der Waals surface area contributed by atoms with Crippen LogP contribution >= 0.6 is 0 Å². The van der Waals surface area contributed by atoms with E-state index in [4.69, 9.17) is 14.4 Å². The second-order valence-corrected chi connectivity index (χ2v) is 8.92. The maximum absolute atomic E-state index is 13.6. The van der Waals surface area contributed by atoms with Gasteiger partial charge in [0.1, 0.15) is 17.2 Å². The van der Waals surface area contributed by atoms with E-state index < -0.39 is 17.5 Å². The van der Waals surface area contributed by atoms with Crippen LogP contribution in [0, 0.1) is 25.5 Å². The lowest BCUT2D eigenvalue weighted by Gasteiger charge is -2.27. The molecule has 2 fully saturated rings. The maximum Gasteiger partial charge on any atom is 0.435 e. The normalized spacial score (nSPS) is 20.4. The Morgan fingerprint density at radius 1 is 1.03 bits per heavy atom. The molecule has 0 saturated carbocycles. The average molecular weight is 465 g/mol. The molecular weight excluding hydrogens is 434 g/mol.